The van der Waals surface area contributed by atoms with Crippen molar-refractivity contribution in [3.8, 4) is 28.0 Å². The molecular formula is C44H31NO. The second-order valence-electron chi connectivity index (χ2n) is 12.1. The van der Waals surface area contributed by atoms with E-state index in [9.17, 15) is 0 Å². The van der Waals surface area contributed by atoms with Crippen molar-refractivity contribution in [2.45, 2.75) is 12.0 Å². The predicted molar refractivity (Wildman–Crippen MR) is 192 cm³/mol. The first kappa shape index (κ1) is 26.5. The molecule has 0 saturated heterocycles. The number of allylic oxidation sites excluding steroid dienone is 2. The number of fused-ring (bicyclic) bond motifs is 5. The number of rotatable bonds is 5. The van der Waals surface area contributed by atoms with Crippen LogP contribution < -0.4 is 9.64 Å². The SMILES string of the molecule is C1=CC2Oc3cccc(N(c4ccc(-c5ccc6ccccc6c5)cc4)c4cc(-c5ccccc5)cc5ccccc45)c3C2C=C1. The summed E-state index contributed by atoms with van der Waals surface area (Å²) in [6.07, 6.45) is 8.69. The van der Waals surface area contributed by atoms with Crippen molar-refractivity contribution in [3.63, 3.8) is 0 Å². The van der Waals surface area contributed by atoms with Gasteiger partial charge < -0.3 is 9.64 Å². The van der Waals surface area contributed by atoms with Crippen LogP contribution in [-0.2, 0) is 0 Å². The van der Waals surface area contributed by atoms with Gasteiger partial charge in [0.15, 0.2) is 0 Å². The molecule has 0 spiro atoms. The van der Waals surface area contributed by atoms with E-state index in [1.165, 1.54) is 49.4 Å². The van der Waals surface area contributed by atoms with Crippen LogP contribution in [0.15, 0.2) is 176 Å². The van der Waals surface area contributed by atoms with Gasteiger partial charge in [-0.15, -0.1) is 0 Å². The molecule has 1 aliphatic carbocycles. The van der Waals surface area contributed by atoms with Gasteiger partial charge in [-0.3, -0.25) is 0 Å². The number of ether oxygens (including phenoxy) is 1. The maximum Gasteiger partial charge on any atom is 0.128 e. The topological polar surface area (TPSA) is 12.5 Å². The molecule has 0 N–H and O–H groups in total. The van der Waals surface area contributed by atoms with Crippen molar-refractivity contribution in [3.05, 3.63) is 182 Å². The van der Waals surface area contributed by atoms with E-state index in [1.54, 1.807) is 0 Å². The highest BCUT2D eigenvalue weighted by molar-refractivity contribution is 6.02. The monoisotopic (exact) mass is 589 g/mol. The summed E-state index contributed by atoms with van der Waals surface area (Å²) in [5, 5.41) is 4.91. The maximum absolute atomic E-state index is 6.50. The van der Waals surface area contributed by atoms with Crippen LogP contribution in [0.1, 0.15) is 11.5 Å². The standard InChI is InChI=1S/C44H31NO/c1-2-11-30(12-3-1)36-28-35-15-6-7-16-38(35)41(29-36)45(40-18-10-20-43-44(40)39-17-8-9-19-42(39)46-43)37-25-23-32(24-26-37)34-22-21-31-13-4-5-14-33(31)27-34/h1-29,39,42H. The Labute approximate surface area is 269 Å². The minimum Gasteiger partial charge on any atom is -0.485 e. The third kappa shape index (κ3) is 4.50. The molecule has 218 valence electrons. The fraction of sp³-hybridized carbons (Fsp3) is 0.0455. The van der Waals surface area contributed by atoms with E-state index in [1.807, 2.05) is 0 Å². The maximum atomic E-state index is 6.50. The number of nitrogens with zero attached hydrogens (tertiary/aromatic N) is 1. The van der Waals surface area contributed by atoms with Gasteiger partial charge in [0, 0.05) is 22.6 Å². The summed E-state index contributed by atoms with van der Waals surface area (Å²) in [7, 11) is 0. The lowest BCUT2D eigenvalue weighted by molar-refractivity contribution is 0.269. The van der Waals surface area contributed by atoms with Crippen molar-refractivity contribution in [1.29, 1.82) is 0 Å². The Morgan fingerprint density at radius 3 is 2.02 bits per heavy atom. The highest BCUT2D eigenvalue weighted by atomic mass is 16.5. The summed E-state index contributed by atoms with van der Waals surface area (Å²) in [4.78, 5) is 2.44. The average molecular weight is 590 g/mol. The van der Waals surface area contributed by atoms with Gasteiger partial charge in [0.1, 0.15) is 11.9 Å². The summed E-state index contributed by atoms with van der Waals surface area (Å²) in [6.45, 7) is 0. The van der Waals surface area contributed by atoms with Gasteiger partial charge in [-0.2, -0.15) is 0 Å². The Morgan fingerprint density at radius 2 is 1.15 bits per heavy atom. The lowest BCUT2D eigenvalue weighted by Gasteiger charge is -2.30. The molecule has 2 heteroatoms. The normalized spacial score (nSPS) is 16.3. The quantitative estimate of drug-likeness (QED) is 0.198. The van der Waals surface area contributed by atoms with Gasteiger partial charge in [0.25, 0.3) is 0 Å². The summed E-state index contributed by atoms with van der Waals surface area (Å²) in [5.41, 5.74) is 9.40. The van der Waals surface area contributed by atoms with Crippen LogP contribution in [0.5, 0.6) is 5.75 Å². The fourth-order valence-electron chi connectivity index (χ4n) is 7.12. The Morgan fingerprint density at radius 1 is 0.457 bits per heavy atom. The van der Waals surface area contributed by atoms with Crippen LogP contribution in [0.2, 0.25) is 0 Å². The minimum absolute atomic E-state index is 0.00526. The molecule has 1 heterocycles. The van der Waals surface area contributed by atoms with E-state index in [4.69, 9.17) is 4.74 Å². The summed E-state index contributed by atoms with van der Waals surface area (Å²) in [5.74, 6) is 1.10. The minimum atomic E-state index is 0.00526. The van der Waals surface area contributed by atoms with Gasteiger partial charge in [0.2, 0.25) is 0 Å². The van der Waals surface area contributed by atoms with Crippen LogP contribution in [0.25, 0.3) is 43.8 Å². The van der Waals surface area contributed by atoms with E-state index in [-0.39, 0.29) is 12.0 Å². The highest BCUT2D eigenvalue weighted by Gasteiger charge is 2.36. The van der Waals surface area contributed by atoms with E-state index < -0.39 is 0 Å². The molecule has 9 rings (SSSR count). The summed E-state index contributed by atoms with van der Waals surface area (Å²) < 4.78 is 6.50. The molecule has 0 bridgehead atoms. The molecule has 2 atom stereocenters. The molecule has 0 radical (unpaired) electrons. The van der Waals surface area contributed by atoms with E-state index >= 15 is 0 Å². The Bertz CT molecular complexity index is 2300. The van der Waals surface area contributed by atoms with Crippen molar-refractivity contribution >= 4 is 38.6 Å². The fourth-order valence-corrected chi connectivity index (χ4v) is 7.12. The Balaban J connectivity index is 1.26. The van der Waals surface area contributed by atoms with E-state index in [2.05, 4.69) is 181 Å². The molecule has 7 aromatic rings. The second-order valence-corrected chi connectivity index (χ2v) is 12.1. The van der Waals surface area contributed by atoms with Crippen molar-refractivity contribution < 1.29 is 4.74 Å². The average Bonchev–Trinajstić information content (AvgIpc) is 3.52. The van der Waals surface area contributed by atoms with Gasteiger partial charge >= 0.3 is 0 Å². The number of hydrogen-bond donors (Lipinski definition) is 0. The van der Waals surface area contributed by atoms with Crippen LogP contribution in [-0.4, -0.2) is 6.10 Å². The van der Waals surface area contributed by atoms with Gasteiger partial charge in [-0.1, -0.05) is 127 Å². The Hall–Kier alpha value is -5.86. The first-order valence-electron chi connectivity index (χ1n) is 15.9. The van der Waals surface area contributed by atoms with Crippen molar-refractivity contribution in [1.82, 2.24) is 0 Å². The number of hydrogen-bond acceptors (Lipinski definition) is 2. The molecule has 2 nitrogen and oxygen atoms in total. The molecular weight excluding hydrogens is 558 g/mol. The van der Waals surface area contributed by atoms with E-state index in [0.29, 0.717) is 0 Å². The molecule has 2 aliphatic rings. The van der Waals surface area contributed by atoms with Crippen LogP contribution in [0, 0.1) is 0 Å². The molecule has 0 fully saturated rings. The zero-order chi connectivity index (χ0) is 30.5. The molecule has 0 amide bonds. The van der Waals surface area contributed by atoms with Crippen molar-refractivity contribution in [2.24, 2.45) is 0 Å². The smallest absolute Gasteiger partial charge is 0.128 e. The van der Waals surface area contributed by atoms with E-state index in [0.717, 1.165) is 22.8 Å². The summed E-state index contributed by atoms with van der Waals surface area (Å²) in [6, 6.07) is 54.8. The molecule has 1 aliphatic heterocycles. The largest absolute Gasteiger partial charge is 0.485 e. The number of benzene rings is 7. The first-order valence-corrected chi connectivity index (χ1v) is 15.9. The molecule has 2 unspecified atom stereocenters. The highest BCUT2D eigenvalue weighted by Crippen LogP contribution is 2.51. The second kappa shape index (κ2) is 10.9. The molecule has 7 aromatic carbocycles. The first-order chi connectivity index (χ1) is 22.8. The lowest BCUT2D eigenvalue weighted by atomic mass is 9.90. The number of anilines is 3. The third-order valence-corrected chi connectivity index (χ3v) is 9.36. The zero-order valence-electron chi connectivity index (χ0n) is 25.3. The van der Waals surface area contributed by atoms with Crippen LogP contribution >= 0.6 is 0 Å². The zero-order valence-corrected chi connectivity index (χ0v) is 25.3. The Kier molecular flexibility index (Phi) is 6.31. The molecule has 0 saturated carbocycles. The summed E-state index contributed by atoms with van der Waals surface area (Å²) >= 11 is 0. The van der Waals surface area contributed by atoms with Gasteiger partial charge in [0.05, 0.1) is 11.4 Å². The van der Waals surface area contributed by atoms with Gasteiger partial charge in [-0.25, -0.2) is 0 Å². The van der Waals surface area contributed by atoms with Gasteiger partial charge in [-0.05, 0) is 87.0 Å². The van der Waals surface area contributed by atoms with Crippen LogP contribution in [0.3, 0.4) is 0 Å². The lowest BCUT2D eigenvalue weighted by Crippen LogP contribution is -2.17. The third-order valence-electron chi connectivity index (χ3n) is 9.36. The van der Waals surface area contributed by atoms with Crippen molar-refractivity contribution in [2.75, 3.05) is 4.90 Å². The molecule has 0 aromatic heterocycles. The van der Waals surface area contributed by atoms with Crippen LogP contribution in [0.4, 0.5) is 17.1 Å². The molecule has 46 heavy (non-hydrogen) atoms. The predicted octanol–water partition coefficient (Wildman–Crippen LogP) is 11.8.